The third kappa shape index (κ3) is 46.6. The van der Waals surface area contributed by atoms with Crippen molar-refractivity contribution >= 4 is 5.91 Å². The van der Waals surface area contributed by atoms with E-state index < -0.39 is 12.1 Å². The number of hydrogen-bond acceptors (Lipinski definition) is 3. The molecule has 0 radical (unpaired) electrons. The zero-order valence-electron chi connectivity index (χ0n) is 39.7. The Bertz CT molecular complexity index is 1080. The van der Waals surface area contributed by atoms with E-state index in [0.717, 1.165) is 64.2 Å². The summed E-state index contributed by atoms with van der Waals surface area (Å²) >= 11 is 0. The van der Waals surface area contributed by atoms with Gasteiger partial charge in [-0.1, -0.05) is 240 Å². The van der Waals surface area contributed by atoms with Gasteiger partial charge in [0.2, 0.25) is 5.91 Å². The van der Waals surface area contributed by atoms with Gasteiger partial charge < -0.3 is 15.5 Å². The summed E-state index contributed by atoms with van der Waals surface area (Å²) in [6.45, 7) is 4.15. The molecule has 0 aromatic heterocycles. The molecule has 1 amide bonds. The number of nitrogens with one attached hydrogen (secondary N) is 1. The first-order valence-corrected chi connectivity index (χ1v) is 25.8. The lowest BCUT2D eigenvalue weighted by atomic mass is 10.0. The third-order valence-corrected chi connectivity index (χ3v) is 11.3. The van der Waals surface area contributed by atoms with Crippen LogP contribution in [0.2, 0.25) is 0 Å². The van der Waals surface area contributed by atoms with Gasteiger partial charge in [0.1, 0.15) is 0 Å². The van der Waals surface area contributed by atoms with Gasteiger partial charge in [-0.05, 0) is 83.5 Å². The van der Waals surface area contributed by atoms with Crippen molar-refractivity contribution in [3.63, 3.8) is 0 Å². The van der Waals surface area contributed by atoms with Crippen molar-refractivity contribution in [2.45, 2.75) is 257 Å². The van der Waals surface area contributed by atoms with E-state index in [9.17, 15) is 15.0 Å². The Labute approximate surface area is 373 Å². The molecule has 2 atom stereocenters. The highest BCUT2D eigenvalue weighted by molar-refractivity contribution is 5.76. The summed E-state index contributed by atoms with van der Waals surface area (Å²) in [6.07, 6.45) is 74.5. The Kier molecular flexibility index (Phi) is 48.9. The monoisotopic (exact) mass is 834 g/mol. The molecule has 346 valence electrons. The molecule has 0 rings (SSSR count). The summed E-state index contributed by atoms with van der Waals surface area (Å²) in [5, 5.41) is 23.0. The predicted octanol–water partition coefficient (Wildman–Crippen LogP) is 16.8. The van der Waals surface area contributed by atoms with E-state index in [1.165, 1.54) is 161 Å². The molecule has 3 N–H and O–H groups in total. The van der Waals surface area contributed by atoms with E-state index in [4.69, 9.17) is 0 Å². The van der Waals surface area contributed by atoms with Crippen LogP contribution in [0.3, 0.4) is 0 Å². The average Bonchev–Trinajstić information content (AvgIpc) is 3.25. The Morgan fingerprint density at radius 1 is 0.417 bits per heavy atom. The second-order valence-electron chi connectivity index (χ2n) is 17.2. The number of allylic oxidation sites excluding steroid dienone is 13. The number of unbranched alkanes of at least 4 members (excludes halogenated alkanes) is 27. The molecule has 0 aromatic rings. The van der Waals surface area contributed by atoms with Gasteiger partial charge in [-0.3, -0.25) is 4.79 Å². The fourth-order valence-electron chi connectivity index (χ4n) is 7.44. The van der Waals surface area contributed by atoms with Gasteiger partial charge in [0.25, 0.3) is 0 Å². The quantitative estimate of drug-likeness (QED) is 0.0423. The Hall–Kier alpha value is -2.43. The molecule has 0 saturated carbocycles. The number of carbonyl (C=O) groups is 1. The fraction of sp³-hybridized carbons (Fsp3) is 0.732. The molecule has 4 nitrogen and oxygen atoms in total. The maximum atomic E-state index is 12.4. The highest BCUT2D eigenvalue weighted by atomic mass is 16.3. The van der Waals surface area contributed by atoms with Crippen molar-refractivity contribution in [2.75, 3.05) is 6.61 Å². The highest BCUT2D eigenvalue weighted by Crippen LogP contribution is 2.16. The lowest BCUT2D eigenvalue weighted by Crippen LogP contribution is -2.45. The van der Waals surface area contributed by atoms with Crippen molar-refractivity contribution in [1.29, 1.82) is 0 Å². The van der Waals surface area contributed by atoms with Crippen molar-refractivity contribution in [2.24, 2.45) is 0 Å². The van der Waals surface area contributed by atoms with Crippen LogP contribution in [0.1, 0.15) is 245 Å². The topological polar surface area (TPSA) is 69.6 Å². The molecule has 0 aliphatic rings. The lowest BCUT2D eigenvalue weighted by molar-refractivity contribution is -0.123. The minimum atomic E-state index is -0.871. The lowest BCUT2D eigenvalue weighted by Gasteiger charge is -2.19. The minimum Gasteiger partial charge on any atom is -0.394 e. The Balaban J connectivity index is 3.46. The van der Waals surface area contributed by atoms with Gasteiger partial charge in [0.05, 0.1) is 18.8 Å². The van der Waals surface area contributed by atoms with E-state index in [0.29, 0.717) is 6.42 Å². The number of aliphatic hydroxyl groups is 2. The summed E-state index contributed by atoms with van der Waals surface area (Å²) in [5.74, 6) is -0.0785. The largest absolute Gasteiger partial charge is 0.394 e. The molecule has 0 spiro atoms. The van der Waals surface area contributed by atoms with Gasteiger partial charge in [-0.25, -0.2) is 0 Å². The normalized spacial score (nSPS) is 13.6. The van der Waals surface area contributed by atoms with E-state index in [1.54, 1.807) is 6.08 Å². The van der Waals surface area contributed by atoms with Crippen LogP contribution in [0.5, 0.6) is 0 Å². The molecule has 2 unspecified atom stereocenters. The van der Waals surface area contributed by atoms with Crippen molar-refractivity contribution < 1.29 is 15.0 Å². The van der Waals surface area contributed by atoms with Crippen molar-refractivity contribution in [3.05, 3.63) is 85.1 Å². The maximum absolute atomic E-state index is 12.4. The van der Waals surface area contributed by atoms with Crippen LogP contribution in [0, 0.1) is 0 Å². The summed E-state index contributed by atoms with van der Waals surface area (Å²) in [4.78, 5) is 12.4. The van der Waals surface area contributed by atoms with Crippen LogP contribution >= 0.6 is 0 Å². The molecule has 60 heavy (non-hydrogen) atoms. The molecule has 0 aromatic carbocycles. The van der Waals surface area contributed by atoms with E-state index in [-0.39, 0.29) is 12.5 Å². The Morgan fingerprint density at radius 2 is 0.750 bits per heavy atom. The third-order valence-electron chi connectivity index (χ3n) is 11.3. The molecule has 4 heteroatoms. The SMILES string of the molecule is CC/C=C\C/C=C\C/C=C\C/C=C\CCCCCCCCCCCCCCCCCCCCCCCCC(=O)NC(CO)C(O)/C=C/CC/C=C/CC/C=C/CCCCC. The zero-order chi connectivity index (χ0) is 43.5. The summed E-state index contributed by atoms with van der Waals surface area (Å²) in [7, 11) is 0. The van der Waals surface area contributed by atoms with Crippen LogP contribution in [0.15, 0.2) is 85.1 Å². The van der Waals surface area contributed by atoms with E-state index in [2.05, 4.69) is 92.1 Å². The molecular weight excluding hydrogens is 735 g/mol. The molecular formula is C56H99NO3. The Morgan fingerprint density at radius 3 is 1.17 bits per heavy atom. The number of aliphatic hydroxyl groups excluding tert-OH is 2. The van der Waals surface area contributed by atoms with Crippen LogP contribution < -0.4 is 5.32 Å². The molecule has 0 fully saturated rings. The highest BCUT2D eigenvalue weighted by Gasteiger charge is 2.17. The van der Waals surface area contributed by atoms with Gasteiger partial charge in [0, 0.05) is 6.42 Å². The molecule has 0 saturated heterocycles. The number of amides is 1. The first kappa shape index (κ1) is 57.6. The summed E-state index contributed by atoms with van der Waals surface area (Å²) in [6, 6.07) is -0.646. The van der Waals surface area contributed by atoms with Gasteiger partial charge in [-0.2, -0.15) is 0 Å². The second kappa shape index (κ2) is 50.9. The summed E-state index contributed by atoms with van der Waals surface area (Å²) < 4.78 is 0. The first-order valence-electron chi connectivity index (χ1n) is 25.8. The fourth-order valence-corrected chi connectivity index (χ4v) is 7.44. The van der Waals surface area contributed by atoms with E-state index >= 15 is 0 Å². The standard InChI is InChI=1S/C56H99NO3/c1-3-5-7-9-11-13-15-17-18-19-20-21-22-23-24-25-26-27-28-29-30-31-32-33-34-35-36-37-38-40-42-44-46-48-50-52-56(60)57-54(53-58)55(59)51-49-47-45-43-41-39-16-14-12-10-8-6-4-2/h5,7,11-14,17-18,20-21,41,43,49,51,54-55,58-59H,3-4,6,8-10,15-16,19,22-40,42,44-48,50,52-53H2,1-2H3,(H,57,60)/b7-5-,13-11-,14-12+,18-17-,21-20-,43-41+,51-49+. The summed E-state index contributed by atoms with van der Waals surface area (Å²) in [5.41, 5.74) is 0. The second-order valence-corrected chi connectivity index (χ2v) is 17.2. The smallest absolute Gasteiger partial charge is 0.220 e. The number of hydrogen-bond donors (Lipinski definition) is 3. The van der Waals surface area contributed by atoms with Crippen molar-refractivity contribution in [3.8, 4) is 0 Å². The van der Waals surface area contributed by atoms with Crippen LogP contribution in [0.4, 0.5) is 0 Å². The van der Waals surface area contributed by atoms with Gasteiger partial charge in [-0.15, -0.1) is 0 Å². The zero-order valence-corrected chi connectivity index (χ0v) is 39.7. The maximum Gasteiger partial charge on any atom is 0.220 e. The van der Waals surface area contributed by atoms with Gasteiger partial charge >= 0.3 is 0 Å². The first-order chi connectivity index (χ1) is 29.7. The van der Waals surface area contributed by atoms with Crippen LogP contribution in [0.25, 0.3) is 0 Å². The molecule has 0 aliphatic heterocycles. The van der Waals surface area contributed by atoms with Crippen LogP contribution in [-0.4, -0.2) is 34.9 Å². The van der Waals surface area contributed by atoms with E-state index in [1.807, 2.05) is 6.08 Å². The number of rotatable bonds is 46. The van der Waals surface area contributed by atoms with Crippen LogP contribution in [-0.2, 0) is 4.79 Å². The average molecular weight is 834 g/mol. The molecule has 0 bridgehead atoms. The van der Waals surface area contributed by atoms with Crippen molar-refractivity contribution in [1.82, 2.24) is 5.32 Å². The number of carbonyl (C=O) groups excluding carboxylic acids is 1. The predicted molar refractivity (Wildman–Crippen MR) is 267 cm³/mol. The van der Waals surface area contributed by atoms with Gasteiger partial charge in [0.15, 0.2) is 0 Å². The molecule has 0 heterocycles. The minimum absolute atomic E-state index is 0.0785. The molecule has 0 aliphatic carbocycles.